The van der Waals surface area contributed by atoms with Crippen molar-refractivity contribution in [3.8, 4) is 0 Å². The highest BCUT2D eigenvalue weighted by Crippen LogP contribution is 2.35. The molecule has 0 unspecified atom stereocenters. The SMILES string of the molecule is CO[C@H]1O[C@H](CO[Si](C)(C)C)[C@@H]2OB(C)O[C@@H]2[C@H]1O[Si](C)(C)C. The van der Waals surface area contributed by atoms with E-state index in [1.54, 1.807) is 7.11 Å². The number of hydrogen-bond donors (Lipinski definition) is 0. The fourth-order valence-electron chi connectivity index (χ4n) is 2.86. The van der Waals surface area contributed by atoms with Gasteiger partial charge >= 0.3 is 7.12 Å². The maximum atomic E-state index is 6.29. The summed E-state index contributed by atoms with van der Waals surface area (Å²) in [6.45, 7) is 15.3. The summed E-state index contributed by atoms with van der Waals surface area (Å²) in [6, 6.07) is 0. The largest absolute Gasteiger partial charge is 0.454 e. The molecule has 0 aliphatic carbocycles. The number of rotatable bonds is 6. The summed E-state index contributed by atoms with van der Waals surface area (Å²) >= 11 is 0. The fourth-order valence-corrected chi connectivity index (χ4v) is 4.59. The van der Waals surface area contributed by atoms with Crippen LogP contribution in [-0.2, 0) is 27.6 Å². The molecule has 0 radical (unpaired) electrons. The van der Waals surface area contributed by atoms with Crippen LogP contribution in [0.1, 0.15) is 0 Å². The molecule has 0 amide bonds. The molecule has 23 heavy (non-hydrogen) atoms. The Morgan fingerprint density at radius 2 is 1.57 bits per heavy atom. The molecule has 2 aliphatic heterocycles. The molecule has 2 heterocycles. The van der Waals surface area contributed by atoms with Gasteiger partial charge in [-0.25, -0.2) is 0 Å². The van der Waals surface area contributed by atoms with Crippen LogP contribution in [0.4, 0.5) is 0 Å². The van der Waals surface area contributed by atoms with Gasteiger partial charge in [0.05, 0.1) is 18.8 Å². The van der Waals surface area contributed by atoms with E-state index in [1.807, 2.05) is 6.82 Å². The van der Waals surface area contributed by atoms with Crippen LogP contribution in [0.3, 0.4) is 0 Å². The van der Waals surface area contributed by atoms with Gasteiger partial charge in [0, 0.05) is 7.11 Å². The summed E-state index contributed by atoms with van der Waals surface area (Å²) in [5, 5.41) is 0. The maximum Gasteiger partial charge on any atom is 0.454 e. The first kappa shape index (κ1) is 19.6. The molecule has 0 spiro atoms. The van der Waals surface area contributed by atoms with Crippen LogP contribution >= 0.6 is 0 Å². The van der Waals surface area contributed by atoms with Crippen LogP contribution in [-0.4, -0.2) is 68.2 Å². The van der Waals surface area contributed by atoms with Crippen molar-refractivity contribution in [1.29, 1.82) is 0 Å². The van der Waals surface area contributed by atoms with Crippen LogP contribution in [0.2, 0.25) is 46.1 Å². The van der Waals surface area contributed by atoms with E-state index in [-0.39, 0.29) is 31.5 Å². The normalized spacial score (nSPS) is 35.5. The molecule has 134 valence electrons. The van der Waals surface area contributed by atoms with Crippen molar-refractivity contribution >= 4 is 23.8 Å². The number of fused-ring (bicyclic) bond motifs is 1. The van der Waals surface area contributed by atoms with E-state index >= 15 is 0 Å². The zero-order valence-electron chi connectivity index (χ0n) is 15.6. The minimum Gasteiger partial charge on any atom is -0.415 e. The van der Waals surface area contributed by atoms with Crippen LogP contribution in [0.5, 0.6) is 0 Å². The first-order valence-corrected chi connectivity index (χ1v) is 15.1. The first-order valence-electron chi connectivity index (χ1n) is 8.31. The lowest BCUT2D eigenvalue weighted by molar-refractivity contribution is -0.269. The molecular formula is C14H31BO6Si2. The standard InChI is InChI=1S/C14H31BO6Si2/c1-15-19-11-10(9-17-22(3,4)5)18-14(16-2)13(12(11)20-15)21-23(6,7)8/h10-14H,9H2,1-8H3/t10-,11+,12+,13-,14+/m1/s1. The van der Waals surface area contributed by atoms with Crippen molar-refractivity contribution in [2.45, 2.75) is 76.8 Å². The number of hydrogen-bond acceptors (Lipinski definition) is 6. The second-order valence-electron chi connectivity index (χ2n) is 8.17. The topological polar surface area (TPSA) is 55.4 Å². The average Bonchev–Trinajstić information content (AvgIpc) is 2.77. The van der Waals surface area contributed by atoms with E-state index < -0.39 is 22.9 Å². The molecule has 2 saturated heterocycles. The van der Waals surface area contributed by atoms with Crippen molar-refractivity contribution in [3.05, 3.63) is 0 Å². The monoisotopic (exact) mass is 362 g/mol. The number of methoxy groups -OCH3 is 1. The molecule has 6 nitrogen and oxygen atoms in total. The zero-order valence-corrected chi connectivity index (χ0v) is 17.6. The lowest BCUT2D eigenvalue weighted by Gasteiger charge is -2.44. The van der Waals surface area contributed by atoms with E-state index in [9.17, 15) is 0 Å². The van der Waals surface area contributed by atoms with Gasteiger partial charge in [-0.1, -0.05) is 0 Å². The van der Waals surface area contributed by atoms with Gasteiger partial charge in [-0.15, -0.1) is 0 Å². The Bertz CT molecular complexity index is 400. The van der Waals surface area contributed by atoms with E-state index in [0.717, 1.165) is 0 Å². The highest BCUT2D eigenvalue weighted by molar-refractivity contribution is 6.70. The van der Waals surface area contributed by atoms with Crippen molar-refractivity contribution in [1.82, 2.24) is 0 Å². The van der Waals surface area contributed by atoms with Crippen LogP contribution in [0.15, 0.2) is 0 Å². The van der Waals surface area contributed by atoms with Gasteiger partial charge in [-0.05, 0) is 46.1 Å². The predicted octanol–water partition coefficient (Wildman–Crippen LogP) is 2.33. The summed E-state index contributed by atoms with van der Waals surface area (Å²) in [5.41, 5.74) is 0. The second-order valence-corrected chi connectivity index (χ2v) is 17.1. The van der Waals surface area contributed by atoms with E-state index in [1.165, 1.54) is 0 Å². The molecule has 2 fully saturated rings. The Morgan fingerprint density at radius 1 is 0.957 bits per heavy atom. The van der Waals surface area contributed by atoms with Gasteiger partial charge in [0.2, 0.25) is 0 Å². The summed E-state index contributed by atoms with van der Waals surface area (Å²) in [5.74, 6) is 0. The Hall–Kier alpha value is 0.259. The second kappa shape index (κ2) is 7.25. The third kappa shape index (κ3) is 5.37. The van der Waals surface area contributed by atoms with Crippen LogP contribution < -0.4 is 0 Å². The minimum atomic E-state index is -1.77. The summed E-state index contributed by atoms with van der Waals surface area (Å²) in [4.78, 5) is 0. The van der Waals surface area contributed by atoms with Gasteiger partial charge in [0.15, 0.2) is 22.9 Å². The van der Waals surface area contributed by atoms with Gasteiger partial charge in [0.25, 0.3) is 0 Å². The molecule has 5 atom stereocenters. The summed E-state index contributed by atoms with van der Waals surface area (Å²) < 4.78 is 35.9. The Labute approximate surface area is 142 Å². The van der Waals surface area contributed by atoms with Crippen molar-refractivity contribution in [2.75, 3.05) is 13.7 Å². The molecule has 0 aromatic carbocycles. The highest BCUT2D eigenvalue weighted by atomic mass is 28.4. The average molecular weight is 362 g/mol. The van der Waals surface area contributed by atoms with E-state index in [2.05, 4.69) is 39.3 Å². The molecule has 0 aromatic heterocycles. The van der Waals surface area contributed by atoms with Gasteiger partial charge in [-0.2, -0.15) is 0 Å². The fraction of sp³-hybridized carbons (Fsp3) is 1.00. The summed E-state index contributed by atoms with van der Waals surface area (Å²) in [7, 11) is -2.04. The Balaban J connectivity index is 2.14. The molecule has 2 aliphatic rings. The van der Waals surface area contributed by atoms with Gasteiger partial charge < -0.3 is 27.6 Å². The number of ether oxygens (including phenoxy) is 2. The first-order chi connectivity index (χ1) is 10.5. The van der Waals surface area contributed by atoms with Crippen LogP contribution in [0, 0.1) is 0 Å². The Kier molecular flexibility index (Phi) is 6.17. The quantitative estimate of drug-likeness (QED) is 0.676. The zero-order chi connectivity index (χ0) is 17.4. The third-order valence-electron chi connectivity index (χ3n) is 3.69. The molecule has 0 N–H and O–H groups in total. The molecule has 2 rings (SSSR count). The molecule has 9 heteroatoms. The minimum absolute atomic E-state index is 0.186. The summed E-state index contributed by atoms with van der Waals surface area (Å²) in [6.07, 6.45) is -1.32. The molecule has 0 saturated carbocycles. The van der Waals surface area contributed by atoms with Crippen molar-refractivity contribution in [2.24, 2.45) is 0 Å². The van der Waals surface area contributed by atoms with Gasteiger partial charge in [0.1, 0.15) is 12.2 Å². The lowest BCUT2D eigenvalue weighted by Crippen LogP contribution is -2.61. The Morgan fingerprint density at radius 3 is 2.09 bits per heavy atom. The van der Waals surface area contributed by atoms with Crippen LogP contribution in [0.25, 0.3) is 0 Å². The van der Waals surface area contributed by atoms with E-state index in [4.69, 9.17) is 27.6 Å². The molecular weight excluding hydrogens is 331 g/mol. The molecule has 0 aromatic rings. The van der Waals surface area contributed by atoms with Gasteiger partial charge in [-0.3, -0.25) is 0 Å². The molecule has 0 bridgehead atoms. The predicted molar refractivity (Wildman–Crippen MR) is 94.6 cm³/mol. The lowest BCUT2D eigenvalue weighted by atomic mass is 9.97. The van der Waals surface area contributed by atoms with E-state index in [0.29, 0.717) is 6.61 Å². The highest BCUT2D eigenvalue weighted by Gasteiger charge is 2.54. The smallest absolute Gasteiger partial charge is 0.415 e. The third-order valence-corrected chi connectivity index (χ3v) is 5.70. The van der Waals surface area contributed by atoms with Crippen molar-refractivity contribution in [3.63, 3.8) is 0 Å². The van der Waals surface area contributed by atoms with Crippen molar-refractivity contribution < 1.29 is 27.6 Å². The maximum absolute atomic E-state index is 6.29.